The lowest BCUT2D eigenvalue weighted by Crippen LogP contribution is -2.27. The van der Waals surface area contributed by atoms with Gasteiger partial charge in [-0.05, 0) is 57.1 Å². The molecule has 0 aromatic heterocycles. The van der Waals surface area contributed by atoms with Crippen LogP contribution >= 0.6 is 0 Å². The first-order valence-electron chi connectivity index (χ1n) is 7.44. The van der Waals surface area contributed by atoms with E-state index >= 15 is 0 Å². The number of likely N-dealkylation sites (tertiary alicyclic amines) is 1. The third-order valence-electron chi connectivity index (χ3n) is 4.25. The summed E-state index contributed by atoms with van der Waals surface area (Å²) in [6.45, 7) is 6.55. The molecule has 1 heterocycles. The molecule has 21 heavy (non-hydrogen) atoms. The van der Waals surface area contributed by atoms with Gasteiger partial charge in [0.05, 0.1) is 0 Å². The van der Waals surface area contributed by atoms with E-state index in [0.29, 0.717) is 0 Å². The van der Waals surface area contributed by atoms with E-state index in [-0.39, 0.29) is 5.84 Å². The fourth-order valence-electron chi connectivity index (χ4n) is 3.06. The molecule has 1 aromatic rings. The number of oxime groups is 1. The fourth-order valence-corrected chi connectivity index (χ4v) is 3.06. The summed E-state index contributed by atoms with van der Waals surface area (Å²) in [6.07, 6.45) is 1.29. The van der Waals surface area contributed by atoms with Crippen LogP contribution in [0.4, 0.5) is 0 Å². The van der Waals surface area contributed by atoms with Crippen LogP contribution in [0.2, 0.25) is 0 Å². The van der Waals surface area contributed by atoms with E-state index in [1.54, 1.807) is 0 Å². The molecule has 1 saturated heterocycles. The first kappa shape index (κ1) is 15.8. The highest BCUT2D eigenvalue weighted by Gasteiger charge is 2.20. The summed E-state index contributed by atoms with van der Waals surface area (Å²) in [5.74, 6) is 0.934. The molecule has 0 saturated carbocycles. The van der Waals surface area contributed by atoms with Crippen LogP contribution in [-0.4, -0.2) is 54.6 Å². The van der Waals surface area contributed by atoms with Crippen molar-refractivity contribution in [3.8, 4) is 0 Å². The number of nitrogens with zero attached hydrogens (tertiary/aromatic N) is 3. The van der Waals surface area contributed by atoms with Crippen molar-refractivity contribution >= 4 is 5.84 Å². The lowest BCUT2D eigenvalue weighted by Gasteiger charge is -2.22. The maximum Gasteiger partial charge on any atom is 0.170 e. The lowest BCUT2D eigenvalue weighted by atomic mass is 10.0. The van der Waals surface area contributed by atoms with Gasteiger partial charge in [-0.2, -0.15) is 0 Å². The molecule has 0 radical (unpaired) electrons. The molecule has 2 rings (SSSR count). The first-order chi connectivity index (χ1) is 9.99. The molecular weight excluding hydrogens is 264 g/mol. The van der Waals surface area contributed by atoms with Gasteiger partial charge in [0, 0.05) is 25.2 Å². The maximum atomic E-state index is 8.73. The third-order valence-corrected chi connectivity index (χ3v) is 4.25. The molecule has 5 heteroatoms. The summed E-state index contributed by atoms with van der Waals surface area (Å²) in [5.41, 5.74) is 8.85. The van der Waals surface area contributed by atoms with Gasteiger partial charge in [-0.25, -0.2) is 0 Å². The summed E-state index contributed by atoms with van der Waals surface area (Å²) in [5, 5.41) is 11.8. The van der Waals surface area contributed by atoms with Gasteiger partial charge in [0.25, 0.3) is 0 Å². The molecule has 1 aromatic carbocycles. The van der Waals surface area contributed by atoms with Gasteiger partial charge in [0.2, 0.25) is 0 Å². The van der Waals surface area contributed by atoms with Crippen molar-refractivity contribution in [2.24, 2.45) is 16.8 Å². The molecular formula is C16H26N4O. The molecule has 0 bridgehead atoms. The zero-order valence-corrected chi connectivity index (χ0v) is 13.2. The number of aryl methyl sites for hydroxylation is 1. The fraction of sp³-hybridized carbons (Fsp3) is 0.562. The zero-order chi connectivity index (χ0) is 15.4. The summed E-state index contributed by atoms with van der Waals surface area (Å²) in [4.78, 5) is 4.78. The molecule has 0 amide bonds. The zero-order valence-electron chi connectivity index (χ0n) is 13.2. The second-order valence-corrected chi connectivity index (χ2v) is 6.24. The Hall–Kier alpha value is -1.59. The Kier molecular flexibility index (Phi) is 5.20. The Morgan fingerprint density at radius 1 is 1.52 bits per heavy atom. The SMILES string of the molecule is Cc1cc(/C(N)=N/O)ccc1CN(C)CC1CCN(C)C1. The monoisotopic (exact) mass is 290 g/mol. The average molecular weight is 290 g/mol. The quantitative estimate of drug-likeness (QED) is 0.373. The van der Waals surface area contributed by atoms with E-state index in [0.717, 1.165) is 24.6 Å². The van der Waals surface area contributed by atoms with E-state index in [4.69, 9.17) is 10.9 Å². The van der Waals surface area contributed by atoms with Crippen molar-refractivity contribution in [2.75, 3.05) is 33.7 Å². The normalized spacial score (nSPS) is 20.4. The summed E-state index contributed by atoms with van der Waals surface area (Å²) in [7, 11) is 4.37. The Morgan fingerprint density at radius 2 is 2.29 bits per heavy atom. The standard InChI is InChI=1S/C16H26N4O/c1-12-8-14(16(17)18-21)4-5-15(12)11-20(3)10-13-6-7-19(2)9-13/h4-5,8,13,21H,6-7,9-11H2,1-3H3,(H2,17,18). The van der Waals surface area contributed by atoms with Gasteiger partial charge >= 0.3 is 0 Å². The molecule has 3 N–H and O–H groups in total. The highest BCUT2D eigenvalue weighted by Crippen LogP contribution is 2.18. The first-order valence-corrected chi connectivity index (χ1v) is 7.44. The summed E-state index contributed by atoms with van der Waals surface area (Å²) < 4.78 is 0. The third kappa shape index (κ3) is 4.19. The molecule has 1 atom stereocenters. The minimum Gasteiger partial charge on any atom is -0.409 e. The number of nitrogens with two attached hydrogens (primary N) is 1. The second kappa shape index (κ2) is 6.91. The predicted molar refractivity (Wildman–Crippen MR) is 85.6 cm³/mol. The van der Waals surface area contributed by atoms with Crippen molar-refractivity contribution in [3.63, 3.8) is 0 Å². The van der Waals surface area contributed by atoms with Crippen LogP contribution in [0.1, 0.15) is 23.1 Å². The molecule has 0 spiro atoms. The lowest BCUT2D eigenvalue weighted by molar-refractivity contribution is 0.267. The molecule has 1 fully saturated rings. The van der Waals surface area contributed by atoms with Gasteiger partial charge in [0.15, 0.2) is 5.84 Å². The van der Waals surface area contributed by atoms with E-state index in [9.17, 15) is 0 Å². The van der Waals surface area contributed by atoms with Crippen molar-refractivity contribution < 1.29 is 5.21 Å². The van der Waals surface area contributed by atoms with Crippen molar-refractivity contribution in [3.05, 3.63) is 34.9 Å². The van der Waals surface area contributed by atoms with E-state index in [1.165, 1.54) is 30.6 Å². The summed E-state index contributed by atoms with van der Waals surface area (Å²) in [6, 6.07) is 5.95. The smallest absolute Gasteiger partial charge is 0.170 e. The van der Waals surface area contributed by atoms with E-state index in [1.807, 2.05) is 12.1 Å². The Bertz CT molecular complexity index is 515. The van der Waals surface area contributed by atoms with Crippen LogP contribution in [0, 0.1) is 12.8 Å². The van der Waals surface area contributed by atoms with Gasteiger partial charge in [-0.15, -0.1) is 0 Å². The van der Waals surface area contributed by atoms with Crippen LogP contribution in [0.25, 0.3) is 0 Å². The average Bonchev–Trinajstić information content (AvgIpc) is 2.85. The minimum atomic E-state index is 0.159. The maximum absolute atomic E-state index is 8.73. The predicted octanol–water partition coefficient (Wildman–Crippen LogP) is 1.47. The van der Waals surface area contributed by atoms with Crippen LogP contribution in [0.3, 0.4) is 0 Å². The van der Waals surface area contributed by atoms with Crippen LogP contribution < -0.4 is 5.73 Å². The number of benzene rings is 1. The van der Waals surface area contributed by atoms with Gasteiger partial charge < -0.3 is 20.7 Å². The van der Waals surface area contributed by atoms with Crippen LogP contribution in [0.5, 0.6) is 0 Å². The number of amidine groups is 1. The highest BCUT2D eigenvalue weighted by atomic mass is 16.4. The largest absolute Gasteiger partial charge is 0.409 e. The van der Waals surface area contributed by atoms with E-state index in [2.05, 4.69) is 42.0 Å². The second-order valence-electron chi connectivity index (χ2n) is 6.24. The van der Waals surface area contributed by atoms with E-state index < -0.39 is 0 Å². The Morgan fingerprint density at radius 3 is 2.86 bits per heavy atom. The summed E-state index contributed by atoms with van der Waals surface area (Å²) >= 11 is 0. The highest BCUT2D eigenvalue weighted by molar-refractivity contribution is 5.97. The van der Waals surface area contributed by atoms with Gasteiger partial charge in [0.1, 0.15) is 0 Å². The molecule has 116 valence electrons. The van der Waals surface area contributed by atoms with Gasteiger partial charge in [-0.3, -0.25) is 0 Å². The van der Waals surface area contributed by atoms with Crippen molar-refractivity contribution in [1.29, 1.82) is 0 Å². The topological polar surface area (TPSA) is 65.1 Å². The molecule has 5 nitrogen and oxygen atoms in total. The van der Waals surface area contributed by atoms with Crippen molar-refractivity contribution in [2.45, 2.75) is 19.9 Å². The number of rotatable bonds is 5. The molecule has 1 unspecified atom stereocenters. The van der Waals surface area contributed by atoms with Crippen LogP contribution in [-0.2, 0) is 6.54 Å². The Labute approximate surface area is 127 Å². The number of hydrogen-bond acceptors (Lipinski definition) is 4. The number of hydrogen-bond donors (Lipinski definition) is 2. The minimum absolute atomic E-state index is 0.159. The molecule has 0 aliphatic carbocycles. The molecule has 1 aliphatic heterocycles. The van der Waals surface area contributed by atoms with Crippen LogP contribution in [0.15, 0.2) is 23.4 Å². The van der Waals surface area contributed by atoms with Crippen molar-refractivity contribution in [1.82, 2.24) is 9.80 Å². The molecule has 1 aliphatic rings. The van der Waals surface area contributed by atoms with Gasteiger partial charge in [-0.1, -0.05) is 17.3 Å². The Balaban J connectivity index is 1.96.